The number of aliphatic imine (C=N–C) groups is 1. The van der Waals surface area contributed by atoms with Crippen LogP contribution in [0.1, 0.15) is 52.4 Å². The number of morpholine rings is 1. The van der Waals surface area contributed by atoms with E-state index in [0.717, 1.165) is 58.4 Å². The number of guanidine groups is 1. The number of ether oxygens (including phenoxy) is 1. The number of likely N-dealkylation sites (tertiary alicyclic amines) is 1. The zero-order valence-electron chi connectivity index (χ0n) is 16.1. The number of nitrogens with one attached hydrogen (secondary N) is 1. The Balaban J connectivity index is 0.00000225. The van der Waals surface area contributed by atoms with E-state index in [1.165, 1.54) is 38.5 Å². The van der Waals surface area contributed by atoms with E-state index >= 15 is 0 Å². The lowest BCUT2D eigenvalue weighted by molar-refractivity contribution is 0.0195. The van der Waals surface area contributed by atoms with E-state index in [0.29, 0.717) is 11.5 Å². The van der Waals surface area contributed by atoms with E-state index < -0.39 is 0 Å². The normalized spacial score (nSPS) is 27.4. The van der Waals surface area contributed by atoms with Crippen molar-refractivity contribution in [3.63, 3.8) is 0 Å². The van der Waals surface area contributed by atoms with Crippen LogP contribution in [0.3, 0.4) is 0 Å². The van der Waals surface area contributed by atoms with Crippen LogP contribution in [0.4, 0.5) is 0 Å². The molecule has 6 heteroatoms. The number of halogens is 1. The molecule has 1 saturated carbocycles. The second kappa shape index (κ2) is 10.3. The fourth-order valence-corrected chi connectivity index (χ4v) is 4.59. The van der Waals surface area contributed by atoms with Gasteiger partial charge in [-0.3, -0.25) is 9.89 Å². The largest absolute Gasteiger partial charge is 0.379 e. The minimum absolute atomic E-state index is 0. The molecule has 146 valence electrons. The molecule has 0 radical (unpaired) electrons. The van der Waals surface area contributed by atoms with Crippen molar-refractivity contribution in [3.8, 4) is 0 Å². The van der Waals surface area contributed by atoms with Gasteiger partial charge in [-0.05, 0) is 38.0 Å². The first-order chi connectivity index (χ1) is 11.8. The number of nitrogens with zero attached hydrogens (tertiary/aromatic N) is 3. The van der Waals surface area contributed by atoms with Crippen molar-refractivity contribution in [2.45, 2.75) is 58.4 Å². The highest BCUT2D eigenvalue weighted by molar-refractivity contribution is 14.0. The zero-order valence-corrected chi connectivity index (χ0v) is 18.5. The molecule has 1 aliphatic carbocycles. The summed E-state index contributed by atoms with van der Waals surface area (Å²) in [6.45, 7) is 12.7. The molecule has 0 aromatic carbocycles. The molecule has 1 N–H and O–H groups in total. The predicted octanol–water partition coefficient (Wildman–Crippen LogP) is 2.95. The van der Waals surface area contributed by atoms with Gasteiger partial charge in [0, 0.05) is 45.3 Å². The Morgan fingerprint density at radius 1 is 1.16 bits per heavy atom. The summed E-state index contributed by atoms with van der Waals surface area (Å²) in [5.41, 5.74) is 0.476. The first-order valence-corrected chi connectivity index (χ1v) is 10.1. The Morgan fingerprint density at radius 2 is 1.88 bits per heavy atom. The molecule has 0 spiro atoms. The number of hydrogen-bond donors (Lipinski definition) is 1. The molecule has 1 atom stereocenters. The van der Waals surface area contributed by atoms with Crippen molar-refractivity contribution in [2.75, 3.05) is 52.5 Å². The Hall–Kier alpha value is -0.0800. The molecule has 0 bridgehead atoms. The standard InChI is InChI=1S/C19H36N4O.HI/c1-3-19(8-5-6-9-19)16-21-18(20-4-2)23-10-7-17(15-23)22-11-13-24-14-12-22;/h17H,3-16H2,1-2H3,(H,20,21);1H. The van der Waals surface area contributed by atoms with E-state index in [2.05, 4.69) is 29.0 Å². The minimum atomic E-state index is 0. The van der Waals surface area contributed by atoms with Gasteiger partial charge in [0.1, 0.15) is 0 Å². The van der Waals surface area contributed by atoms with E-state index in [9.17, 15) is 0 Å². The lowest BCUT2D eigenvalue weighted by Gasteiger charge is -2.32. The van der Waals surface area contributed by atoms with Crippen LogP contribution in [-0.4, -0.2) is 74.3 Å². The number of rotatable bonds is 5. The summed E-state index contributed by atoms with van der Waals surface area (Å²) < 4.78 is 5.50. The second-order valence-electron chi connectivity index (χ2n) is 7.77. The van der Waals surface area contributed by atoms with Crippen molar-refractivity contribution in [1.29, 1.82) is 0 Å². The van der Waals surface area contributed by atoms with E-state index in [4.69, 9.17) is 9.73 Å². The fourth-order valence-electron chi connectivity index (χ4n) is 4.59. The van der Waals surface area contributed by atoms with Gasteiger partial charge in [-0.25, -0.2) is 0 Å². The molecule has 0 amide bonds. The van der Waals surface area contributed by atoms with Crippen LogP contribution in [0.5, 0.6) is 0 Å². The summed E-state index contributed by atoms with van der Waals surface area (Å²) in [6, 6.07) is 0.671. The SMILES string of the molecule is CCNC(=NCC1(CC)CCCC1)N1CCC(N2CCOCC2)C1.I. The van der Waals surface area contributed by atoms with Crippen molar-refractivity contribution in [2.24, 2.45) is 10.4 Å². The second-order valence-corrected chi connectivity index (χ2v) is 7.77. The summed E-state index contributed by atoms with van der Waals surface area (Å²) in [6.07, 6.45) is 8.03. The molecule has 2 saturated heterocycles. The van der Waals surface area contributed by atoms with Crippen LogP contribution in [0.25, 0.3) is 0 Å². The van der Waals surface area contributed by atoms with Crippen LogP contribution >= 0.6 is 24.0 Å². The molecular weight excluding hydrogens is 427 g/mol. The van der Waals surface area contributed by atoms with Crippen LogP contribution < -0.4 is 5.32 Å². The molecule has 5 nitrogen and oxygen atoms in total. The molecule has 25 heavy (non-hydrogen) atoms. The van der Waals surface area contributed by atoms with Crippen LogP contribution in [-0.2, 0) is 4.74 Å². The van der Waals surface area contributed by atoms with E-state index in [1.54, 1.807) is 0 Å². The summed E-state index contributed by atoms with van der Waals surface area (Å²) in [5.74, 6) is 1.15. The summed E-state index contributed by atoms with van der Waals surface area (Å²) in [7, 11) is 0. The van der Waals surface area contributed by atoms with Crippen LogP contribution in [0.2, 0.25) is 0 Å². The van der Waals surface area contributed by atoms with Crippen molar-refractivity contribution in [1.82, 2.24) is 15.1 Å². The molecule has 0 aromatic heterocycles. The van der Waals surface area contributed by atoms with Gasteiger partial charge < -0.3 is 15.0 Å². The molecule has 3 fully saturated rings. The highest BCUT2D eigenvalue weighted by Crippen LogP contribution is 2.41. The Labute approximate surface area is 171 Å². The van der Waals surface area contributed by atoms with Gasteiger partial charge in [-0.1, -0.05) is 19.8 Å². The third-order valence-electron chi connectivity index (χ3n) is 6.34. The smallest absolute Gasteiger partial charge is 0.193 e. The molecule has 2 aliphatic heterocycles. The fraction of sp³-hybridized carbons (Fsp3) is 0.947. The highest BCUT2D eigenvalue weighted by atomic mass is 127. The van der Waals surface area contributed by atoms with Crippen LogP contribution in [0.15, 0.2) is 4.99 Å². The molecule has 0 aromatic rings. The van der Waals surface area contributed by atoms with E-state index in [-0.39, 0.29) is 24.0 Å². The summed E-state index contributed by atoms with van der Waals surface area (Å²) in [4.78, 5) is 10.2. The molecular formula is C19H37IN4O. The Kier molecular flexibility index (Phi) is 8.75. The van der Waals surface area contributed by atoms with Crippen molar-refractivity contribution in [3.05, 3.63) is 0 Å². The first-order valence-electron chi connectivity index (χ1n) is 10.1. The monoisotopic (exact) mass is 464 g/mol. The quantitative estimate of drug-likeness (QED) is 0.386. The minimum Gasteiger partial charge on any atom is -0.379 e. The Morgan fingerprint density at radius 3 is 2.52 bits per heavy atom. The maximum absolute atomic E-state index is 5.50. The van der Waals surface area contributed by atoms with Crippen LogP contribution in [0, 0.1) is 5.41 Å². The Bertz CT molecular complexity index is 420. The maximum Gasteiger partial charge on any atom is 0.193 e. The average Bonchev–Trinajstić information content (AvgIpc) is 3.30. The lowest BCUT2D eigenvalue weighted by atomic mass is 9.84. The molecule has 2 heterocycles. The molecule has 1 unspecified atom stereocenters. The van der Waals surface area contributed by atoms with Crippen molar-refractivity contribution < 1.29 is 4.74 Å². The summed E-state index contributed by atoms with van der Waals surface area (Å²) in [5, 5.41) is 3.55. The highest BCUT2D eigenvalue weighted by Gasteiger charge is 2.33. The average molecular weight is 464 g/mol. The van der Waals surface area contributed by atoms with Gasteiger partial charge >= 0.3 is 0 Å². The van der Waals surface area contributed by atoms with Gasteiger partial charge in [0.25, 0.3) is 0 Å². The zero-order chi connectivity index (χ0) is 16.8. The number of hydrogen-bond acceptors (Lipinski definition) is 3. The molecule has 3 aliphatic rings. The topological polar surface area (TPSA) is 40.1 Å². The summed E-state index contributed by atoms with van der Waals surface area (Å²) >= 11 is 0. The van der Waals surface area contributed by atoms with Gasteiger partial charge in [0.05, 0.1) is 13.2 Å². The van der Waals surface area contributed by atoms with Gasteiger partial charge in [-0.2, -0.15) is 0 Å². The molecule has 3 rings (SSSR count). The lowest BCUT2D eigenvalue weighted by Crippen LogP contribution is -2.47. The predicted molar refractivity (Wildman–Crippen MR) is 115 cm³/mol. The van der Waals surface area contributed by atoms with Crippen molar-refractivity contribution >= 4 is 29.9 Å². The third kappa shape index (κ3) is 5.45. The van der Waals surface area contributed by atoms with Gasteiger partial charge in [-0.15, -0.1) is 24.0 Å². The third-order valence-corrected chi connectivity index (χ3v) is 6.34. The maximum atomic E-state index is 5.50. The van der Waals surface area contributed by atoms with Gasteiger partial charge in [0.15, 0.2) is 5.96 Å². The first kappa shape index (κ1) is 21.2. The van der Waals surface area contributed by atoms with E-state index in [1.807, 2.05) is 0 Å². The van der Waals surface area contributed by atoms with Gasteiger partial charge in [0.2, 0.25) is 0 Å².